The largest absolute Gasteiger partial charge is 0.467 e. The smallest absolute Gasteiger partial charge is 0.328 e. The Balaban J connectivity index is 2.21. The van der Waals surface area contributed by atoms with Gasteiger partial charge < -0.3 is 9.64 Å². The minimum absolute atomic E-state index is 0.107. The van der Waals surface area contributed by atoms with Crippen LogP contribution in [0, 0.1) is 0 Å². The maximum Gasteiger partial charge on any atom is 0.328 e. The van der Waals surface area contributed by atoms with Gasteiger partial charge in [0.2, 0.25) is 0 Å². The van der Waals surface area contributed by atoms with E-state index < -0.39 is 6.04 Å². The second-order valence-corrected chi connectivity index (χ2v) is 6.08. The molecule has 1 aliphatic rings. The molecule has 0 N–H and O–H groups in total. The van der Waals surface area contributed by atoms with E-state index in [0.29, 0.717) is 4.88 Å². The van der Waals surface area contributed by atoms with Crippen molar-refractivity contribution in [2.24, 2.45) is 0 Å². The summed E-state index contributed by atoms with van der Waals surface area (Å²) in [4.78, 5) is 30.9. The maximum absolute atomic E-state index is 12.7. The van der Waals surface area contributed by atoms with Gasteiger partial charge in [-0.3, -0.25) is 4.79 Å². The molecule has 5 nitrogen and oxygen atoms in total. The Morgan fingerprint density at radius 2 is 2.25 bits per heavy atom. The third-order valence-corrected chi connectivity index (χ3v) is 4.86. The average Bonchev–Trinajstić information content (AvgIpc) is 2.89. The third-order valence-electron chi connectivity index (χ3n) is 3.73. The molecule has 1 aromatic heterocycles. The molecule has 2 rings (SSSR count). The van der Waals surface area contributed by atoms with E-state index in [-0.39, 0.29) is 17.9 Å². The number of hydrogen-bond donors (Lipinski definition) is 0. The van der Waals surface area contributed by atoms with Gasteiger partial charge in [-0.05, 0) is 32.6 Å². The number of methoxy groups -OCH3 is 1. The number of carbonyl (C=O) groups excluding carboxylic acids is 2. The van der Waals surface area contributed by atoms with E-state index in [1.807, 2.05) is 6.92 Å². The van der Waals surface area contributed by atoms with Crippen molar-refractivity contribution in [2.75, 3.05) is 7.11 Å². The average molecular weight is 296 g/mol. The Kier molecular flexibility index (Phi) is 4.75. The van der Waals surface area contributed by atoms with E-state index in [9.17, 15) is 9.59 Å². The van der Waals surface area contributed by atoms with Crippen molar-refractivity contribution in [3.05, 3.63) is 16.1 Å². The molecule has 0 aliphatic heterocycles. The molecule has 20 heavy (non-hydrogen) atoms. The summed E-state index contributed by atoms with van der Waals surface area (Å²) >= 11 is 1.40. The fourth-order valence-electron chi connectivity index (χ4n) is 2.31. The molecule has 0 spiro atoms. The van der Waals surface area contributed by atoms with Gasteiger partial charge in [0.05, 0.1) is 18.3 Å². The summed E-state index contributed by atoms with van der Waals surface area (Å²) in [6.45, 7) is 3.73. The molecule has 6 heteroatoms. The van der Waals surface area contributed by atoms with Crippen LogP contribution in [0.15, 0.2) is 6.20 Å². The van der Waals surface area contributed by atoms with Crippen LogP contribution >= 0.6 is 11.3 Å². The predicted molar refractivity (Wildman–Crippen MR) is 76.8 cm³/mol. The summed E-state index contributed by atoms with van der Waals surface area (Å²) in [6.07, 6.45) is 5.43. The number of rotatable bonds is 5. The van der Waals surface area contributed by atoms with Crippen molar-refractivity contribution < 1.29 is 14.3 Å². The number of carbonyl (C=O) groups is 2. The topological polar surface area (TPSA) is 59.5 Å². The minimum Gasteiger partial charge on any atom is -0.467 e. The summed E-state index contributed by atoms with van der Waals surface area (Å²) < 4.78 is 4.78. The first kappa shape index (κ1) is 15.0. The van der Waals surface area contributed by atoms with E-state index >= 15 is 0 Å². The van der Waals surface area contributed by atoms with Gasteiger partial charge in [0.1, 0.15) is 10.9 Å². The molecule has 1 heterocycles. The highest BCUT2D eigenvalue weighted by atomic mass is 32.1. The molecule has 0 bridgehead atoms. The van der Waals surface area contributed by atoms with Crippen LogP contribution in [-0.2, 0) is 16.0 Å². The number of ether oxygens (including phenoxy) is 1. The van der Waals surface area contributed by atoms with Crippen LogP contribution in [0.4, 0.5) is 0 Å². The Labute approximate surface area is 122 Å². The molecule has 0 radical (unpaired) electrons. The van der Waals surface area contributed by atoms with Crippen molar-refractivity contribution in [3.63, 3.8) is 0 Å². The maximum atomic E-state index is 12.7. The molecule has 1 saturated carbocycles. The zero-order chi connectivity index (χ0) is 14.7. The van der Waals surface area contributed by atoms with Crippen molar-refractivity contribution >= 4 is 23.2 Å². The summed E-state index contributed by atoms with van der Waals surface area (Å²) in [5, 5.41) is 0.938. The molecule has 110 valence electrons. The van der Waals surface area contributed by atoms with Crippen LogP contribution in [0.2, 0.25) is 0 Å². The first-order valence-corrected chi connectivity index (χ1v) is 7.75. The van der Waals surface area contributed by atoms with E-state index in [1.165, 1.54) is 18.4 Å². The van der Waals surface area contributed by atoms with Gasteiger partial charge in [0, 0.05) is 6.04 Å². The van der Waals surface area contributed by atoms with Gasteiger partial charge in [0.15, 0.2) is 0 Å². The number of amides is 1. The highest BCUT2D eigenvalue weighted by molar-refractivity contribution is 7.13. The fraction of sp³-hybridized carbons (Fsp3) is 0.643. The van der Waals surface area contributed by atoms with Gasteiger partial charge in [0.25, 0.3) is 5.91 Å². The zero-order valence-electron chi connectivity index (χ0n) is 12.1. The summed E-state index contributed by atoms with van der Waals surface area (Å²) in [7, 11) is 1.35. The second-order valence-electron chi connectivity index (χ2n) is 4.97. The monoisotopic (exact) mass is 296 g/mol. The van der Waals surface area contributed by atoms with E-state index in [2.05, 4.69) is 4.98 Å². The lowest BCUT2D eigenvalue weighted by atomic mass is 9.90. The van der Waals surface area contributed by atoms with Crippen LogP contribution in [0.25, 0.3) is 0 Å². The second kappa shape index (κ2) is 6.35. The highest BCUT2D eigenvalue weighted by Crippen LogP contribution is 2.29. The zero-order valence-corrected chi connectivity index (χ0v) is 12.9. The Hall–Kier alpha value is -1.43. The van der Waals surface area contributed by atoms with Crippen LogP contribution < -0.4 is 0 Å². The third kappa shape index (κ3) is 2.85. The minimum atomic E-state index is -0.551. The Morgan fingerprint density at radius 1 is 1.55 bits per heavy atom. The van der Waals surface area contributed by atoms with Gasteiger partial charge in [-0.2, -0.15) is 0 Å². The number of aryl methyl sites for hydroxylation is 1. The molecule has 1 atom stereocenters. The van der Waals surface area contributed by atoms with Gasteiger partial charge >= 0.3 is 5.97 Å². The number of aromatic nitrogens is 1. The molecule has 0 saturated heterocycles. The van der Waals surface area contributed by atoms with E-state index in [4.69, 9.17) is 4.74 Å². The van der Waals surface area contributed by atoms with Crippen molar-refractivity contribution in [1.82, 2.24) is 9.88 Å². The lowest BCUT2D eigenvalue weighted by molar-refractivity contribution is -0.146. The van der Waals surface area contributed by atoms with Crippen LogP contribution in [0.1, 0.15) is 47.8 Å². The Bertz CT molecular complexity index is 496. The first-order chi connectivity index (χ1) is 9.58. The molecule has 1 fully saturated rings. The molecule has 1 amide bonds. The summed E-state index contributed by atoms with van der Waals surface area (Å²) in [6, 6.07) is -0.409. The van der Waals surface area contributed by atoms with Crippen molar-refractivity contribution in [2.45, 2.75) is 51.6 Å². The molecular weight excluding hydrogens is 276 g/mol. The standard InChI is InChI=1S/C14H20N2O3S/c1-4-12-15-8-11(20-12)13(17)16(10-6-5-7-10)9(2)14(18)19-3/h8-10H,4-7H2,1-3H3. The summed E-state index contributed by atoms with van der Waals surface area (Å²) in [5.41, 5.74) is 0. The predicted octanol–water partition coefficient (Wildman–Crippen LogP) is 2.26. The normalized spacial score (nSPS) is 16.4. The molecule has 1 aromatic rings. The van der Waals surface area contributed by atoms with E-state index in [0.717, 1.165) is 30.7 Å². The molecular formula is C14H20N2O3S. The molecule has 0 aromatic carbocycles. The number of thiazole rings is 1. The van der Waals surface area contributed by atoms with Crippen LogP contribution in [0.3, 0.4) is 0 Å². The number of hydrogen-bond acceptors (Lipinski definition) is 5. The van der Waals surface area contributed by atoms with Gasteiger partial charge in [-0.25, -0.2) is 9.78 Å². The fourth-order valence-corrected chi connectivity index (χ4v) is 3.11. The SMILES string of the molecule is CCc1ncc(C(=O)N(C2CCC2)C(C)C(=O)OC)s1. The van der Waals surface area contributed by atoms with E-state index in [1.54, 1.807) is 18.0 Å². The molecule has 1 aliphatic carbocycles. The first-order valence-electron chi connectivity index (χ1n) is 6.93. The van der Waals surface area contributed by atoms with Crippen molar-refractivity contribution in [3.8, 4) is 0 Å². The lowest BCUT2D eigenvalue weighted by Crippen LogP contribution is -2.52. The van der Waals surface area contributed by atoms with Gasteiger partial charge in [-0.1, -0.05) is 6.92 Å². The number of nitrogens with zero attached hydrogens (tertiary/aromatic N) is 2. The van der Waals surface area contributed by atoms with Crippen LogP contribution in [-0.4, -0.2) is 41.0 Å². The summed E-state index contributed by atoms with van der Waals surface area (Å²) in [5.74, 6) is -0.477. The molecule has 1 unspecified atom stereocenters. The van der Waals surface area contributed by atoms with Crippen LogP contribution in [0.5, 0.6) is 0 Å². The highest BCUT2D eigenvalue weighted by Gasteiger charge is 2.36. The lowest BCUT2D eigenvalue weighted by Gasteiger charge is -2.39. The van der Waals surface area contributed by atoms with Gasteiger partial charge in [-0.15, -0.1) is 11.3 Å². The quantitative estimate of drug-likeness (QED) is 0.782. The number of esters is 1. The Morgan fingerprint density at radius 3 is 2.70 bits per heavy atom. The van der Waals surface area contributed by atoms with Crippen molar-refractivity contribution in [1.29, 1.82) is 0 Å².